The molecule has 0 aliphatic heterocycles. The highest BCUT2D eigenvalue weighted by Gasteiger charge is 2.39. The van der Waals surface area contributed by atoms with Crippen LogP contribution in [0, 0.1) is 10.1 Å². The molecule has 0 fully saturated rings. The van der Waals surface area contributed by atoms with Crippen molar-refractivity contribution in [1.82, 2.24) is 0 Å². The van der Waals surface area contributed by atoms with E-state index in [1.54, 1.807) is 0 Å². The number of nitro benzene ring substituents is 1. The Kier molecular flexibility index (Phi) is 6.00. The predicted molar refractivity (Wildman–Crippen MR) is 118 cm³/mol. The summed E-state index contributed by atoms with van der Waals surface area (Å²) in [4.78, 5) is 35.6. The first-order valence-corrected chi connectivity index (χ1v) is 9.87. The number of halogens is 3. The van der Waals surface area contributed by atoms with Gasteiger partial charge in [-0.1, -0.05) is 18.2 Å². The van der Waals surface area contributed by atoms with Crippen LogP contribution in [0.15, 0.2) is 75.9 Å². The van der Waals surface area contributed by atoms with Crippen molar-refractivity contribution in [2.45, 2.75) is 6.18 Å². The third kappa shape index (κ3) is 4.69. The van der Waals surface area contributed by atoms with Gasteiger partial charge in [0.25, 0.3) is 5.69 Å². The number of methoxy groups -OCH3 is 1. The normalized spacial score (nSPS) is 11.3. The number of nitro groups is 1. The van der Waals surface area contributed by atoms with Gasteiger partial charge < -0.3 is 13.9 Å². The molecule has 0 N–H and O–H groups in total. The third-order valence-corrected chi connectivity index (χ3v) is 5.00. The fourth-order valence-corrected chi connectivity index (χ4v) is 3.37. The smallest absolute Gasteiger partial charge is 0.450 e. The Balaban J connectivity index is 1.78. The number of hydrogen-bond acceptors (Lipinski definition) is 7. The Morgan fingerprint density at radius 1 is 1.00 bits per heavy atom. The van der Waals surface area contributed by atoms with E-state index in [-0.39, 0.29) is 28.0 Å². The van der Waals surface area contributed by atoms with Gasteiger partial charge in [-0.3, -0.25) is 14.9 Å². The van der Waals surface area contributed by atoms with Gasteiger partial charge in [-0.15, -0.1) is 0 Å². The highest BCUT2D eigenvalue weighted by molar-refractivity contribution is 5.92. The van der Waals surface area contributed by atoms with Crippen molar-refractivity contribution in [2.24, 2.45) is 0 Å². The molecule has 35 heavy (non-hydrogen) atoms. The third-order valence-electron chi connectivity index (χ3n) is 5.00. The van der Waals surface area contributed by atoms with E-state index in [4.69, 9.17) is 13.9 Å². The second-order valence-electron chi connectivity index (χ2n) is 7.22. The first kappa shape index (κ1) is 23.5. The number of ether oxygens (including phenoxy) is 2. The Morgan fingerprint density at radius 3 is 2.31 bits per heavy atom. The quantitative estimate of drug-likeness (QED) is 0.156. The topological polar surface area (TPSA) is 109 Å². The second kappa shape index (κ2) is 8.93. The molecule has 0 aliphatic carbocycles. The summed E-state index contributed by atoms with van der Waals surface area (Å²) >= 11 is 0. The molecule has 4 rings (SSSR count). The van der Waals surface area contributed by atoms with Crippen LogP contribution in [0.2, 0.25) is 0 Å². The van der Waals surface area contributed by atoms with Gasteiger partial charge in [0.15, 0.2) is 0 Å². The minimum Gasteiger partial charge on any atom is -0.497 e. The minimum atomic E-state index is -5.00. The van der Waals surface area contributed by atoms with Crippen LogP contribution in [0.5, 0.6) is 11.5 Å². The highest BCUT2D eigenvalue weighted by atomic mass is 19.4. The molecule has 3 aromatic carbocycles. The molecule has 1 aromatic heterocycles. The number of esters is 1. The van der Waals surface area contributed by atoms with E-state index in [0.29, 0.717) is 5.75 Å². The average Bonchev–Trinajstić information content (AvgIpc) is 2.83. The van der Waals surface area contributed by atoms with Crippen LogP contribution in [0.25, 0.3) is 22.1 Å². The van der Waals surface area contributed by atoms with E-state index >= 15 is 0 Å². The molecular weight excluding hydrogens is 471 g/mol. The van der Waals surface area contributed by atoms with Crippen molar-refractivity contribution < 1.29 is 36.8 Å². The number of hydrogen-bond donors (Lipinski definition) is 0. The zero-order chi connectivity index (χ0) is 25.3. The molecule has 0 atom stereocenters. The van der Waals surface area contributed by atoms with E-state index in [1.165, 1.54) is 61.7 Å². The molecule has 0 saturated heterocycles. The van der Waals surface area contributed by atoms with Crippen molar-refractivity contribution in [3.63, 3.8) is 0 Å². The minimum absolute atomic E-state index is 0.0186. The van der Waals surface area contributed by atoms with Crippen LogP contribution >= 0.6 is 0 Å². The maximum absolute atomic E-state index is 13.8. The van der Waals surface area contributed by atoms with E-state index < -0.39 is 39.4 Å². The Labute approximate surface area is 194 Å². The summed E-state index contributed by atoms with van der Waals surface area (Å²) in [5.41, 5.74) is -2.57. The number of carbonyl (C=O) groups excluding carboxylic acids is 1. The van der Waals surface area contributed by atoms with Gasteiger partial charge >= 0.3 is 12.1 Å². The van der Waals surface area contributed by atoms with Crippen LogP contribution in [0.3, 0.4) is 0 Å². The molecule has 8 nitrogen and oxygen atoms in total. The largest absolute Gasteiger partial charge is 0.497 e. The van der Waals surface area contributed by atoms with Gasteiger partial charge in [-0.05, 0) is 35.9 Å². The summed E-state index contributed by atoms with van der Waals surface area (Å²) in [5.74, 6) is -2.33. The first-order valence-electron chi connectivity index (χ1n) is 9.87. The molecule has 1 heterocycles. The molecule has 0 saturated carbocycles. The van der Waals surface area contributed by atoms with Gasteiger partial charge in [0.05, 0.1) is 28.5 Å². The van der Waals surface area contributed by atoms with Crippen molar-refractivity contribution in [1.29, 1.82) is 0 Å². The fraction of sp³-hybridized carbons (Fsp3) is 0.0833. The van der Waals surface area contributed by atoms with Gasteiger partial charge in [0, 0.05) is 18.2 Å². The standard InChI is InChI=1S/C24H14F3NO7/c1-33-16-7-5-13(6-8-16)20-21(29)18-10-9-17(12-19(18)35-22(20)24(25,26)27)34-23(30)14-3-2-4-15(11-14)28(31)32/h2-12H,1H3. The molecule has 0 bridgehead atoms. The monoisotopic (exact) mass is 485 g/mol. The average molecular weight is 485 g/mol. The van der Waals surface area contributed by atoms with Gasteiger partial charge in [0.1, 0.15) is 17.1 Å². The lowest BCUT2D eigenvalue weighted by molar-refractivity contribution is -0.384. The van der Waals surface area contributed by atoms with Gasteiger partial charge in [-0.25, -0.2) is 4.79 Å². The summed E-state index contributed by atoms with van der Waals surface area (Å²) in [5, 5.41) is 10.7. The number of rotatable bonds is 5. The van der Waals surface area contributed by atoms with Gasteiger partial charge in [0.2, 0.25) is 11.2 Å². The van der Waals surface area contributed by atoms with E-state index in [0.717, 1.165) is 12.1 Å². The maximum atomic E-state index is 13.8. The molecule has 178 valence electrons. The summed E-state index contributed by atoms with van der Waals surface area (Å²) in [6.45, 7) is 0. The molecule has 4 aromatic rings. The van der Waals surface area contributed by atoms with Crippen LogP contribution in [-0.2, 0) is 6.18 Å². The zero-order valence-corrected chi connectivity index (χ0v) is 17.8. The van der Waals surface area contributed by atoms with Crippen LogP contribution in [-0.4, -0.2) is 18.0 Å². The highest BCUT2D eigenvalue weighted by Crippen LogP contribution is 2.38. The number of carbonyl (C=O) groups is 1. The number of non-ortho nitro benzene ring substituents is 1. The molecule has 0 radical (unpaired) electrons. The zero-order valence-electron chi connectivity index (χ0n) is 17.8. The first-order chi connectivity index (χ1) is 16.6. The van der Waals surface area contributed by atoms with Crippen molar-refractivity contribution in [3.8, 4) is 22.6 Å². The predicted octanol–water partition coefficient (Wildman–Crippen LogP) is 5.61. The molecular formula is C24H14F3NO7. The second-order valence-corrected chi connectivity index (χ2v) is 7.22. The number of benzene rings is 3. The number of alkyl halides is 3. The molecule has 0 unspecified atom stereocenters. The van der Waals surface area contributed by atoms with Crippen molar-refractivity contribution in [3.05, 3.63) is 98.4 Å². The molecule has 0 amide bonds. The van der Waals surface area contributed by atoms with E-state index in [2.05, 4.69) is 0 Å². The lowest BCUT2D eigenvalue weighted by Crippen LogP contribution is -2.16. The van der Waals surface area contributed by atoms with Crippen LogP contribution < -0.4 is 14.9 Å². The molecule has 0 aliphatic rings. The number of fused-ring (bicyclic) bond motifs is 1. The molecule has 11 heteroatoms. The van der Waals surface area contributed by atoms with Crippen molar-refractivity contribution in [2.75, 3.05) is 7.11 Å². The van der Waals surface area contributed by atoms with Crippen molar-refractivity contribution >= 4 is 22.6 Å². The fourth-order valence-electron chi connectivity index (χ4n) is 3.37. The SMILES string of the molecule is COc1ccc(-c2c(C(F)(F)F)oc3cc(OC(=O)c4cccc([N+](=O)[O-])c4)ccc3c2=O)cc1. The summed E-state index contributed by atoms with van der Waals surface area (Å²) in [7, 11) is 1.39. The summed E-state index contributed by atoms with van der Waals surface area (Å²) in [6.07, 6.45) is -5.00. The Bertz CT molecular complexity index is 1510. The van der Waals surface area contributed by atoms with Crippen LogP contribution in [0.1, 0.15) is 16.1 Å². The van der Waals surface area contributed by atoms with E-state index in [9.17, 15) is 32.9 Å². The Morgan fingerprint density at radius 2 is 1.69 bits per heavy atom. The summed E-state index contributed by atoms with van der Waals surface area (Å²) < 4.78 is 56.7. The maximum Gasteiger partial charge on any atom is 0.450 e. The lowest BCUT2D eigenvalue weighted by Gasteiger charge is -2.13. The Hall–Kier alpha value is -4.67. The number of nitrogens with zero attached hydrogens (tertiary/aromatic N) is 1. The molecule has 0 spiro atoms. The van der Waals surface area contributed by atoms with E-state index in [1.807, 2.05) is 0 Å². The van der Waals surface area contributed by atoms with Crippen LogP contribution in [0.4, 0.5) is 18.9 Å². The lowest BCUT2D eigenvalue weighted by atomic mass is 10.0. The summed E-state index contributed by atoms with van der Waals surface area (Å²) in [6, 6.07) is 13.5. The van der Waals surface area contributed by atoms with Gasteiger partial charge in [-0.2, -0.15) is 13.2 Å².